The Morgan fingerprint density at radius 2 is 1.91 bits per heavy atom. The lowest BCUT2D eigenvalue weighted by Crippen LogP contribution is -2.61. The summed E-state index contributed by atoms with van der Waals surface area (Å²) in [7, 11) is -4.02. The molecule has 3 heterocycles. The predicted octanol–water partition coefficient (Wildman–Crippen LogP) is 4.22. The molecule has 288 valence electrons. The first-order valence-electron chi connectivity index (χ1n) is 18.4. The van der Waals surface area contributed by atoms with Crippen molar-refractivity contribution in [2.75, 3.05) is 6.54 Å². The Bertz CT molecular complexity index is 1950. The van der Waals surface area contributed by atoms with Crippen LogP contribution in [0.15, 0.2) is 30.4 Å². The van der Waals surface area contributed by atoms with E-state index in [0.29, 0.717) is 49.7 Å². The number of nitrogens with zero attached hydrogens (tertiary/aromatic N) is 4. The topological polar surface area (TPSA) is 188 Å². The van der Waals surface area contributed by atoms with Crippen LogP contribution >= 0.6 is 0 Å². The minimum atomic E-state index is -4.02. The van der Waals surface area contributed by atoms with Crippen LogP contribution in [0.5, 0.6) is 5.88 Å². The number of ether oxygens (including phenoxy) is 1. The van der Waals surface area contributed by atoms with E-state index in [-0.39, 0.29) is 37.2 Å². The van der Waals surface area contributed by atoms with Gasteiger partial charge in [-0.05, 0) is 84.8 Å². The lowest BCUT2D eigenvalue weighted by atomic mass is 9.98. The van der Waals surface area contributed by atoms with Crippen LogP contribution in [0.4, 0.5) is 9.18 Å². The maximum atomic E-state index is 14.8. The zero-order valence-corrected chi connectivity index (χ0v) is 31.7. The molecule has 0 bridgehead atoms. The monoisotopic (exact) mass is 756 g/mol. The number of carbonyl (C=O) groups is 4. The summed E-state index contributed by atoms with van der Waals surface area (Å²) in [6.07, 6.45) is 5.75. The zero-order valence-electron chi connectivity index (χ0n) is 30.9. The van der Waals surface area contributed by atoms with Crippen LogP contribution in [0.3, 0.4) is 0 Å². The first-order valence-corrected chi connectivity index (χ1v) is 19.9. The Balaban J connectivity index is 1.37. The molecule has 6 rings (SSSR count). The number of hydrogen-bond donors (Lipinski definition) is 3. The number of para-hydroxylation sites is 1. The molecule has 3 fully saturated rings. The second-order valence-electron chi connectivity index (χ2n) is 16.0. The number of rotatable bonds is 7. The summed E-state index contributed by atoms with van der Waals surface area (Å²) in [5, 5.41) is 13.2. The summed E-state index contributed by atoms with van der Waals surface area (Å²) < 4.78 is 48.5. The number of fused-ring (bicyclic) bond motifs is 3. The molecule has 14 nitrogen and oxygen atoms in total. The SMILES string of the molecule is CCc1nc2cccc(F)c2nc1O[C@@H]1C[C@H]2C(=O)N[C@]3(C(=O)NS(=O)(=O)C4(C)CC4)C[C@H]3C=CCCCCC[C@H](N(C(=O)O)C(C)(C)C)C(=O)N2C1. The number of amides is 4. The number of nitrogens with one attached hydrogen (secondary N) is 2. The number of aryl methyl sites for hydroxylation is 1. The van der Waals surface area contributed by atoms with Crippen molar-refractivity contribution in [1.82, 2.24) is 29.8 Å². The van der Waals surface area contributed by atoms with Crippen LogP contribution in [0.25, 0.3) is 11.0 Å². The van der Waals surface area contributed by atoms with E-state index in [9.17, 15) is 37.1 Å². The number of hydrogen-bond acceptors (Lipinski definition) is 9. The molecule has 2 saturated carbocycles. The number of carbonyl (C=O) groups excluding carboxylic acids is 3. The van der Waals surface area contributed by atoms with Crippen LogP contribution in [-0.4, -0.2) is 97.7 Å². The van der Waals surface area contributed by atoms with Crippen molar-refractivity contribution < 1.29 is 41.8 Å². The van der Waals surface area contributed by atoms with Gasteiger partial charge in [-0.25, -0.2) is 27.6 Å². The minimum absolute atomic E-state index is 0.000466. The van der Waals surface area contributed by atoms with E-state index in [1.807, 2.05) is 19.1 Å². The van der Waals surface area contributed by atoms with Crippen LogP contribution in [0.2, 0.25) is 0 Å². The summed E-state index contributed by atoms with van der Waals surface area (Å²) in [5.41, 5.74) is -1.76. The van der Waals surface area contributed by atoms with Crippen LogP contribution in [-0.2, 0) is 30.8 Å². The number of benzene rings is 1. The first-order chi connectivity index (χ1) is 24.9. The number of aromatic nitrogens is 2. The van der Waals surface area contributed by atoms with Gasteiger partial charge >= 0.3 is 6.09 Å². The normalized spacial score (nSPS) is 27.5. The highest BCUT2D eigenvalue weighted by Crippen LogP contribution is 2.47. The van der Waals surface area contributed by atoms with Gasteiger partial charge in [-0.3, -0.25) is 24.0 Å². The van der Waals surface area contributed by atoms with E-state index < -0.39 is 79.6 Å². The van der Waals surface area contributed by atoms with Crippen molar-refractivity contribution in [1.29, 1.82) is 0 Å². The Morgan fingerprint density at radius 3 is 2.57 bits per heavy atom. The highest BCUT2D eigenvalue weighted by Gasteiger charge is 2.63. The molecule has 4 aliphatic rings. The molecule has 5 atom stereocenters. The fourth-order valence-electron chi connectivity index (χ4n) is 7.47. The maximum absolute atomic E-state index is 14.8. The quantitative estimate of drug-likeness (QED) is 0.345. The van der Waals surface area contributed by atoms with E-state index in [1.54, 1.807) is 33.8 Å². The molecule has 0 radical (unpaired) electrons. The Labute approximate surface area is 309 Å². The molecule has 1 aromatic carbocycles. The lowest BCUT2D eigenvalue weighted by molar-refractivity contribution is -0.144. The van der Waals surface area contributed by atoms with Gasteiger partial charge in [-0.2, -0.15) is 0 Å². The van der Waals surface area contributed by atoms with E-state index in [0.717, 1.165) is 11.3 Å². The van der Waals surface area contributed by atoms with Gasteiger partial charge in [-0.1, -0.05) is 38.0 Å². The molecule has 1 aromatic heterocycles. The van der Waals surface area contributed by atoms with Gasteiger partial charge in [0.1, 0.15) is 34.9 Å². The zero-order chi connectivity index (χ0) is 38.5. The molecule has 1 saturated heterocycles. The smallest absolute Gasteiger partial charge is 0.408 e. The molecule has 0 spiro atoms. The average Bonchev–Trinajstić information content (AvgIpc) is 3.96. The molecule has 53 heavy (non-hydrogen) atoms. The summed E-state index contributed by atoms with van der Waals surface area (Å²) in [6.45, 7) is 8.36. The Morgan fingerprint density at radius 1 is 1.17 bits per heavy atom. The van der Waals surface area contributed by atoms with Crippen LogP contribution in [0, 0.1) is 11.7 Å². The third kappa shape index (κ3) is 7.56. The third-order valence-corrected chi connectivity index (χ3v) is 13.1. The number of sulfonamides is 1. The van der Waals surface area contributed by atoms with E-state index in [4.69, 9.17) is 4.74 Å². The fraction of sp³-hybridized carbons (Fsp3) is 0.622. The first kappa shape index (κ1) is 38.4. The Hall–Kier alpha value is -4.34. The highest BCUT2D eigenvalue weighted by molar-refractivity contribution is 7.91. The van der Waals surface area contributed by atoms with Crippen molar-refractivity contribution in [3.8, 4) is 5.88 Å². The maximum Gasteiger partial charge on any atom is 0.408 e. The molecular formula is C37H49FN6O8S. The third-order valence-electron chi connectivity index (χ3n) is 11.0. The second-order valence-corrected chi connectivity index (χ2v) is 18.2. The predicted molar refractivity (Wildman–Crippen MR) is 193 cm³/mol. The van der Waals surface area contributed by atoms with Crippen molar-refractivity contribution in [2.45, 2.75) is 133 Å². The molecular weight excluding hydrogens is 708 g/mol. The Kier molecular flexibility index (Phi) is 10.2. The van der Waals surface area contributed by atoms with Crippen LogP contribution < -0.4 is 14.8 Å². The molecule has 2 aromatic rings. The average molecular weight is 757 g/mol. The summed E-state index contributed by atoms with van der Waals surface area (Å²) in [4.78, 5) is 67.1. The van der Waals surface area contributed by atoms with Gasteiger partial charge in [0.15, 0.2) is 5.82 Å². The largest absolute Gasteiger partial charge is 0.471 e. The number of carboxylic acid groups (broad SMARTS) is 1. The van der Waals surface area contributed by atoms with E-state index in [1.165, 1.54) is 17.0 Å². The van der Waals surface area contributed by atoms with Crippen molar-refractivity contribution >= 4 is 44.9 Å². The van der Waals surface area contributed by atoms with Gasteiger partial charge < -0.3 is 20.1 Å². The van der Waals surface area contributed by atoms with Gasteiger partial charge in [0, 0.05) is 17.9 Å². The summed E-state index contributed by atoms with van der Waals surface area (Å²) in [6, 6.07) is 2.06. The molecule has 2 aliphatic carbocycles. The highest BCUT2D eigenvalue weighted by atomic mass is 32.2. The van der Waals surface area contributed by atoms with Crippen molar-refractivity contribution in [3.05, 3.63) is 41.9 Å². The van der Waals surface area contributed by atoms with Gasteiger partial charge in [0.25, 0.3) is 5.91 Å². The molecule has 0 unspecified atom stereocenters. The lowest BCUT2D eigenvalue weighted by Gasteiger charge is -2.41. The molecule has 3 N–H and O–H groups in total. The summed E-state index contributed by atoms with van der Waals surface area (Å²) in [5.74, 6) is -3.17. The van der Waals surface area contributed by atoms with Crippen LogP contribution in [0.1, 0.15) is 98.1 Å². The minimum Gasteiger partial charge on any atom is -0.471 e. The number of halogens is 1. The second kappa shape index (κ2) is 14.1. The van der Waals surface area contributed by atoms with Gasteiger partial charge in [-0.15, -0.1) is 0 Å². The molecule has 2 aliphatic heterocycles. The molecule has 16 heteroatoms. The number of allylic oxidation sites excluding steroid dienone is 1. The van der Waals surface area contributed by atoms with E-state index >= 15 is 0 Å². The summed E-state index contributed by atoms with van der Waals surface area (Å²) >= 11 is 0. The van der Waals surface area contributed by atoms with E-state index in [2.05, 4.69) is 20.0 Å². The van der Waals surface area contributed by atoms with Crippen molar-refractivity contribution in [3.63, 3.8) is 0 Å². The molecule has 4 amide bonds. The van der Waals surface area contributed by atoms with Crippen molar-refractivity contribution in [2.24, 2.45) is 5.92 Å². The van der Waals surface area contributed by atoms with Gasteiger partial charge in [0.2, 0.25) is 27.7 Å². The fourth-order valence-corrected chi connectivity index (χ4v) is 8.78. The van der Waals surface area contributed by atoms with Gasteiger partial charge in [0.05, 0.1) is 16.8 Å². The standard InChI is InChI=1S/C37H49FN6O8S/c1-6-25-31(40-29-24(38)14-12-15-26(29)39-25)52-23-19-28-30(45)41-37(33(47)42-53(50,51)36(5)17-18-36)20-22(37)13-10-8-7-9-11-16-27(32(46)43(28)21-23)44(34(48)49)35(2,3)4/h10,12-15,22-23,27-28H,6-9,11,16-21H2,1-5H3,(H,41,45)(H,42,47)(H,48,49)/t22-,23-,27+,28+,37-/m1/s1.